The summed E-state index contributed by atoms with van der Waals surface area (Å²) in [5, 5.41) is 2.69. The standard InChI is InChI=1S/C35H25F6N3O5S2/c36-34(37,38)16-6-4-7-17(12-16)44-31(46)26-19-13-20(27(26)32(44)47)28-25(19)24(29-30(50-28)43-33(48)51-29)15-5-3-8-18(11-15)49-14-23(45)42-22-10-2-1-9-21(22)35(39,40)41/h1-12,19-20,24-28H,13-14H2,(H,42,45)(H,43,48)/t19?,20?,24-,25?,26?,27?,28?/m1/s1. The highest BCUT2D eigenvalue weighted by atomic mass is 32.2. The lowest BCUT2D eigenvalue weighted by molar-refractivity contribution is -0.138. The number of amides is 3. The number of thiazole rings is 1. The van der Waals surface area contributed by atoms with Crippen LogP contribution in [0.3, 0.4) is 0 Å². The first kappa shape index (κ1) is 33.6. The molecule has 16 heteroatoms. The van der Waals surface area contributed by atoms with Crippen LogP contribution in [-0.4, -0.2) is 34.6 Å². The molecule has 2 aliphatic heterocycles. The summed E-state index contributed by atoms with van der Waals surface area (Å²) in [7, 11) is 0. The molecule has 2 aliphatic carbocycles. The van der Waals surface area contributed by atoms with Crippen molar-refractivity contribution >= 4 is 52.2 Å². The van der Waals surface area contributed by atoms with Crippen LogP contribution in [0.4, 0.5) is 37.7 Å². The topological polar surface area (TPSA) is 109 Å². The number of para-hydroxylation sites is 1. The molecular weight excluding hydrogens is 721 g/mol. The van der Waals surface area contributed by atoms with Gasteiger partial charge in [-0.2, -0.15) is 26.3 Å². The van der Waals surface area contributed by atoms with Crippen LogP contribution < -0.4 is 19.8 Å². The summed E-state index contributed by atoms with van der Waals surface area (Å²) in [6, 6.07) is 15.5. The number of fused-ring (bicyclic) bond motifs is 9. The third-order valence-corrected chi connectivity index (χ3v) is 12.8. The van der Waals surface area contributed by atoms with Crippen LogP contribution in [-0.2, 0) is 26.7 Å². The average Bonchev–Trinajstić information content (AvgIpc) is 3.82. The second-order valence-electron chi connectivity index (χ2n) is 13.0. The molecule has 7 atom stereocenters. The maximum absolute atomic E-state index is 14.0. The Bertz CT molecular complexity index is 2150. The predicted octanol–water partition coefficient (Wildman–Crippen LogP) is 7.17. The second-order valence-corrected chi connectivity index (χ2v) is 15.2. The number of alkyl halides is 6. The predicted molar refractivity (Wildman–Crippen MR) is 174 cm³/mol. The Kier molecular flexibility index (Phi) is 7.90. The number of halogens is 6. The fraction of sp³-hybridized carbons (Fsp3) is 0.314. The van der Waals surface area contributed by atoms with Crippen LogP contribution >= 0.6 is 23.1 Å². The van der Waals surface area contributed by atoms with E-state index in [2.05, 4.69) is 10.3 Å². The van der Waals surface area contributed by atoms with Crippen molar-refractivity contribution in [1.82, 2.24) is 4.98 Å². The SMILES string of the molecule is O=C(COc1cccc([C@H]2c3sc(=O)[nH]c3SC3C4CC(C5C(=O)N(c6cccc(C(F)(F)F)c6)C(=O)C45)C32)c1)Nc1ccccc1C(F)(F)F. The Labute approximate surface area is 293 Å². The average molecular weight is 746 g/mol. The van der Waals surface area contributed by atoms with Crippen molar-refractivity contribution in [3.05, 3.63) is 104 Å². The zero-order valence-electron chi connectivity index (χ0n) is 26.0. The largest absolute Gasteiger partial charge is 0.484 e. The van der Waals surface area contributed by atoms with E-state index in [1.165, 1.54) is 36.0 Å². The molecule has 8 nitrogen and oxygen atoms in total. The molecule has 4 aromatic rings. The summed E-state index contributed by atoms with van der Waals surface area (Å²) < 4.78 is 86.5. The Hall–Kier alpha value is -4.57. The maximum Gasteiger partial charge on any atom is 0.418 e. The summed E-state index contributed by atoms with van der Waals surface area (Å²) in [6.07, 6.45) is -8.79. The number of carbonyl (C=O) groups is 3. The van der Waals surface area contributed by atoms with Crippen LogP contribution in [0.25, 0.3) is 0 Å². The molecule has 51 heavy (non-hydrogen) atoms. The van der Waals surface area contributed by atoms with Crippen molar-refractivity contribution in [3.63, 3.8) is 0 Å². The van der Waals surface area contributed by atoms with E-state index in [1.54, 1.807) is 18.2 Å². The molecular formula is C35H25F6N3O5S2. The number of aromatic amines is 1. The summed E-state index contributed by atoms with van der Waals surface area (Å²) in [5.41, 5.74) is -1.80. The van der Waals surface area contributed by atoms with Gasteiger partial charge in [-0.15, -0.1) is 11.8 Å². The number of nitrogens with zero attached hydrogens (tertiary/aromatic N) is 1. The maximum atomic E-state index is 14.0. The zero-order chi connectivity index (χ0) is 36.0. The number of H-pyrrole nitrogens is 1. The molecule has 3 aromatic carbocycles. The number of benzene rings is 3. The van der Waals surface area contributed by atoms with E-state index < -0.39 is 71.2 Å². The highest BCUT2D eigenvalue weighted by Crippen LogP contribution is 2.68. The number of hydrogen-bond donors (Lipinski definition) is 2. The normalized spacial score (nSPS) is 26.5. The molecule has 3 fully saturated rings. The first-order chi connectivity index (χ1) is 24.2. The van der Waals surface area contributed by atoms with Gasteiger partial charge in [-0.05, 0) is 72.2 Å². The smallest absolute Gasteiger partial charge is 0.418 e. The minimum absolute atomic E-state index is 0.125. The van der Waals surface area contributed by atoms with Crippen molar-refractivity contribution < 1.29 is 45.5 Å². The van der Waals surface area contributed by atoms with Crippen molar-refractivity contribution in [3.8, 4) is 5.75 Å². The van der Waals surface area contributed by atoms with Gasteiger partial charge in [0.25, 0.3) is 5.91 Å². The molecule has 264 valence electrons. The molecule has 6 unspecified atom stereocenters. The number of nitrogens with one attached hydrogen (secondary N) is 2. The van der Waals surface area contributed by atoms with E-state index in [-0.39, 0.29) is 39.3 Å². The number of imide groups is 1. The van der Waals surface area contributed by atoms with Gasteiger partial charge in [0.05, 0.1) is 39.4 Å². The van der Waals surface area contributed by atoms with Gasteiger partial charge in [0.1, 0.15) is 5.75 Å². The van der Waals surface area contributed by atoms with Gasteiger partial charge in [0.15, 0.2) is 6.61 Å². The van der Waals surface area contributed by atoms with Gasteiger partial charge in [0, 0.05) is 16.0 Å². The Morgan fingerprint density at radius 3 is 2.35 bits per heavy atom. The molecule has 1 aromatic heterocycles. The number of anilines is 2. The first-order valence-corrected chi connectivity index (χ1v) is 17.5. The Morgan fingerprint density at radius 2 is 1.61 bits per heavy atom. The molecule has 8 rings (SSSR count). The molecule has 0 radical (unpaired) electrons. The fourth-order valence-corrected chi connectivity index (χ4v) is 11.3. The minimum Gasteiger partial charge on any atom is -0.484 e. The van der Waals surface area contributed by atoms with Crippen LogP contribution in [0.2, 0.25) is 0 Å². The van der Waals surface area contributed by atoms with E-state index in [0.717, 1.165) is 45.4 Å². The molecule has 3 amide bonds. The third kappa shape index (κ3) is 5.62. The quantitative estimate of drug-likeness (QED) is 0.160. The number of hydrogen-bond acceptors (Lipinski definition) is 7. The van der Waals surface area contributed by atoms with Crippen molar-refractivity contribution in [1.29, 1.82) is 0 Å². The highest BCUT2D eigenvalue weighted by Gasteiger charge is 2.69. The first-order valence-electron chi connectivity index (χ1n) is 15.8. The van der Waals surface area contributed by atoms with Gasteiger partial charge in [-0.25, -0.2) is 0 Å². The van der Waals surface area contributed by atoms with Crippen molar-refractivity contribution in [2.75, 3.05) is 16.8 Å². The number of aromatic nitrogens is 1. The molecule has 2 N–H and O–H groups in total. The van der Waals surface area contributed by atoms with E-state index in [0.29, 0.717) is 17.0 Å². The number of rotatable bonds is 6. The minimum atomic E-state index is -4.68. The van der Waals surface area contributed by atoms with E-state index in [9.17, 15) is 45.5 Å². The van der Waals surface area contributed by atoms with Crippen LogP contribution in [0.15, 0.2) is 82.6 Å². The van der Waals surface area contributed by atoms with Crippen LogP contribution in [0.5, 0.6) is 5.75 Å². The molecule has 0 spiro atoms. The van der Waals surface area contributed by atoms with E-state index >= 15 is 0 Å². The van der Waals surface area contributed by atoms with Gasteiger partial charge < -0.3 is 15.0 Å². The molecule has 2 saturated carbocycles. The lowest BCUT2D eigenvalue weighted by atomic mass is 9.68. The lowest BCUT2D eigenvalue weighted by Crippen LogP contribution is -2.42. The highest BCUT2D eigenvalue weighted by molar-refractivity contribution is 8.00. The Morgan fingerprint density at radius 1 is 0.882 bits per heavy atom. The fourth-order valence-electron chi connectivity index (χ4n) is 8.44. The Balaban J connectivity index is 1.07. The molecule has 3 heterocycles. The summed E-state index contributed by atoms with van der Waals surface area (Å²) >= 11 is 2.48. The monoisotopic (exact) mass is 745 g/mol. The molecule has 4 aliphatic rings. The lowest BCUT2D eigenvalue weighted by Gasteiger charge is -2.43. The zero-order valence-corrected chi connectivity index (χ0v) is 27.6. The number of ether oxygens (including phenoxy) is 1. The summed E-state index contributed by atoms with van der Waals surface area (Å²) in [5.74, 6) is -4.33. The summed E-state index contributed by atoms with van der Waals surface area (Å²) in [4.78, 5) is 57.3. The van der Waals surface area contributed by atoms with Gasteiger partial charge in [0.2, 0.25) is 11.8 Å². The number of carbonyl (C=O) groups excluding carboxylic acids is 3. The third-order valence-electron chi connectivity index (χ3n) is 10.2. The molecule has 1 saturated heterocycles. The van der Waals surface area contributed by atoms with Gasteiger partial charge >= 0.3 is 17.2 Å². The van der Waals surface area contributed by atoms with Crippen LogP contribution in [0.1, 0.15) is 33.9 Å². The second kappa shape index (κ2) is 12.0. The van der Waals surface area contributed by atoms with E-state index in [4.69, 9.17) is 4.74 Å². The number of thioether (sulfide) groups is 1. The molecule has 2 bridgehead atoms. The van der Waals surface area contributed by atoms with Crippen molar-refractivity contribution in [2.45, 2.75) is 35.0 Å². The van der Waals surface area contributed by atoms with E-state index in [1.807, 2.05) is 6.07 Å². The summed E-state index contributed by atoms with van der Waals surface area (Å²) in [6.45, 7) is -0.596. The van der Waals surface area contributed by atoms with Gasteiger partial charge in [-0.1, -0.05) is 41.7 Å². The van der Waals surface area contributed by atoms with Crippen molar-refractivity contribution in [2.24, 2.45) is 29.6 Å². The van der Waals surface area contributed by atoms with Gasteiger partial charge in [-0.3, -0.25) is 24.1 Å². The van der Waals surface area contributed by atoms with Crippen LogP contribution in [0, 0.1) is 29.6 Å².